The number of ether oxygens (including phenoxy) is 1. The zero-order valence-corrected chi connectivity index (χ0v) is 14.1. The van der Waals surface area contributed by atoms with E-state index in [9.17, 15) is 8.42 Å². The molecule has 1 aliphatic rings. The molecule has 1 aromatic carbocycles. The second kappa shape index (κ2) is 5.94. The minimum atomic E-state index is -3.49. The molecule has 1 fully saturated rings. The maximum absolute atomic E-state index is 13.0. The lowest BCUT2D eigenvalue weighted by Gasteiger charge is -2.35. The molecule has 5 nitrogen and oxygen atoms in total. The van der Waals surface area contributed by atoms with Crippen molar-refractivity contribution in [2.45, 2.75) is 44.8 Å². The quantitative estimate of drug-likeness (QED) is 0.929. The van der Waals surface area contributed by atoms with E-state index in [1.807, 2.05) is 46.9 Å². The molecule has 21 heavy (non-hydrogen) atoms. The van der Waals surface area contributed by atoms with E-state index in [0.717, 1.165) is 16.8 Å². The Morgan fingerprint density at radius 2 is 1.62 bits per heavy atom. The van der Waals surface area contributed by atoms with Crippen LogP contribution >= 0.6 is 0 Å². The second-order valence-corrected chi connectivity index (χ2v) is 7.64. The van der Waals surface area contributed by atoms with Crippen molar-refractivity contribution in [1.29, 1.82) is 0 Å². The highest BCUT2D eigenvalue weighted by molar-refractivity contribution is 7.89. The Morgan fingerprint density at radius 3 is 2.05 bits per heavy atom. The van der Waals surface area contributed by atoms with Crippen LogP contribution in [-0.2, 0) is 14.8 Å². The van der Waals surface area contributed by atoms with Gasteiger partial charge in [0.2, 0.25) is 10.0 Å². The Labute approximate surface area is 127 Å². The average Bonchev–Trinajstić information content (AvgIpc) is 2.36. The third-order valence-electron chi connectivity index (χ3n) is 3.73. The third-order valence-corrected chi connectivity index (χ3v) is 5.87. The molecule has 0 amide bonds. The van der Waals surface area contributed by atoms with E-state index in [0.29, 0.717) is 18.0 Å². The Hall–Kier alpha value is -1.11. The molecular weight excluding hydrogens is 288 g/mol. The molecule has 1 saturated heterocycles. The van der Waals surface area contributed by atoms with Crippen molar-refractivity contribution in [3.8, 4) is 0 Å². The summed E-state index contributed by atoms with van der Waals surface area (Å²) in [6, 6.07) is 3.74. The van der Waals surface area contributed by atoms with Crippen LogP contribution in [0.25, 0.3) is 0 Å². The number of hydrogen-bond acceptors (Lipinski definition) is 4. The summed E-state index contributed by atoms with van der Waals surface area (Å²) in [7, 11) is -1.66. The SMILES string of the molecule is CNc1cc(C)c(S(=O)(=O)N2CC(C)OC(C)C2)c(C)c1. The number of morpholine rings is 1. The first kappa shape index (κ1) is 16.3. The van der Waals surface area contributed by atoms with E-state index in [1.54, 1.807) is 4.31 Å². The number of hydrogen-bond donors (Lipinski definition) is 1. The Balaban J connectivity index is 2.44. The van der Waals surface area contributed by atoms with E-state index < -0.39 is 10.0 Å². The molecule has 0 radical (unpaired) electrons. The van der Waals surface area contributed by atoms with E-state index in [-0.39, 0.29) is 12.2 Å². The van der Waals surface area contributed by atoms with Crippen LogP contribution in [0.3, 0.4) is 0 Å². The van der Waals surface area contributed by atoms with Gasteiger partial charge in [-0.2, -0.15) is 4.31 Å². The van der Waals surface area contributed by atoms with Gasteiger partial charge in [0.15, 0.2) is 0 Å². The monoisotopic (exact) mass is 312 g/mol. The fourth-order valence-corrected chi connectivity index (χ4v) is 4.96. The molecule has 6 heteroatoms. The minimum Gasteiger partial charge on any atom is -0.388 e. The Bertz CT molecular complexity index is 595. The van der Waals surface area contributed by atoms with Crippen LogP contribution in [0.5, 0.6) is 0 Å². The first-order valence-corrected chi connectivity index (χ1v) is 8.64. The van der Waals surface area contributed by atoms with Crippen LogP contribution in [0, 0.1) is 13.8 Å². The van der Waals surface area contributed by atoms with Crippen molar-refractivity contribution in [2.75, 3.05) is 25.5 Å². The molecule has 118 valence electrons. The molecule has 0 saturated carbocycles. The number of aryl methyl sites for hydroxylation is 2. The summed E-state index contributed by atoms with van der Waals surface area (Å²) in [6.07, 6.45) is -0.165. The van der Waals surface area contributed by atoms with Crippen LogP contribution in [0.4, 0.5) is 5.69 Å². The first-order chi connectivity index (χ1) is 9.75. The molecule has 0 aromatic heterocycles. The molecule has 1 N–H and O–H groups in total. The first-order valence-electron chi connectivity index (χ1n) is 7.20. The Kier molecular flexibility index (Phi) is 4.60. The van der Waals surface area contributed by atoms with Gasteiger partial charge >= 0.3 is 0 Å². The van der Waals surface area contributed by atoms with Crippen molar-refractivity contribution in [3.63, 3.8) is 0 Å². The molecule has 2 rings (SSSR count). The largest absolute Gasteiger partial charge is 0.388 e. The summed E-state index contributed by atoms with van der Waals surface area (Å²) in [6.45, 7) is 8.30. The fourth-order valence-electron chi connectivity index (χ4n) is 2.96. The Morgan fingerprint density at radius 1 is 1.14 bits per heavy atom. The van der Waals surface area contributed by atoms with Gasteiger partial charge in [0.1, 0.15) is 0 Å². The van der Waals surface area contributed by atoms with Gasteiger partial charge in [-0.3, -0.25) is 0 Å². The normalized spacial score (nSPS) is 24.0. The van der Waals surface area contributed by atoms with Crippen molar-refractivity contribution in [1.82, 2.24) is 4.31 Å². The van der Waals surface area contributed by atoms with E-state index in [4.69, 9.17) is 4.74 Å². The minimum absolute atomic E-state index is 0.0827. The molecule has 1 aliphatic heterocycles. The van der Waals surface area contributed by atoms with E-state index in [2.05, 4.69) is 5.32 Å². The fraction of sp³-hybridized carbons (Fsp3) is 0.600. The third kappa shape index (κ3) is 3.22. The maximum atomic E-state index is 13.0. The number of anilines is 1. The van der Waals surface area contributed by atoms with Gasteiger partial charge in [0.25, 0.3) is 0 Å². The predicted molar refractivity (Wildman–Crippen MR) is 84.2 cm³/mol. The summed E-state index contributed by atoms with van der Waals surface area (Å²) in [5.74, 6) is 0. The van der Waals surface area contributed by atoms with Crippen LogP contribution in [-0.4, -0.2) is 45.1 Å². The number of nitrogens with one attached hydrogen (secondary N) is 1. The van der Waals surface area contributed by atoms with E-state index in [1.165, 1.54) is 0 Å². The molecule has 0 aliphatic carbocycles. The average molecular weight is 312 g/mol. The lowest BCUT2D eigenvalue weighted by atomic mass is 10.1. The zero-order valence-electron chi connectivity index (χ0n) is 13.3. The van der Waals surface area contributed by atoms with Gasteiger partial charge in [-0.25, -0.2) is 8.42 Å². The lowest BCUT2D eigenvalue weighted by Crippen LogP contribution is -2.48. The number of nitrogens with zero attached hydrogens (tertiary/aromatic N) is 1. The molecular formula is C15H24N2O3S. The van der Waals surface area contributed by atoms with Crippen molar-refractivity contribution < 1.29 is 13.2 Å². The van der Waals surface area contributed by atoms with Crippen molar-refractivity contribution in [2.24, 2.45) is 0 Å². The van der Waals surface area contributed by atoms with Crippen LogP contribution < -0.4 is 5.32 Å². The highest BCUT2D eigenvalue weighted by atomic mass is 32.2. The van der Waals surface area contributed by atoms with E-state index >= 15 is 0 Å². The van der Waals surface area contributed by atoms with Gasteiger partial charge in [-0.1, -0.05) is 0 Å². The summed E-state index contributed by atoms with van der Waals surface area (Å²) in [4.78, 5) is 0.419. The molecule has 2 atom stereocenters. The number of benzene rings is 1. The van der Waals surface area contributed by atoms with Crippen molar-refractivity contribution in [3.05, 3.63) is 23.3 Å². The topological polar surface area (TPSA) is 58.6 Å². The zero-order chi connectivity index (χ0) is 15.8. The maximum Gasteiger partial charge on any atom is 0.243 e. The smallest absolute Gasteiger partial charge is 0.243 e. The lowest BCUT2D eigenvalue weighted by molar-refractivity contribution is -0.0441. The number of sulfonamides is 1. The van der Waals surface area contributed by atoms with Crippen molar-refractivity contribution >= 4 is 15.7 Å². The van der Waals surface area contributed by atoms with Gasteiger partial charge in [0, 0.05) is 25.8 Å². The van der Waals surface area contributed by atoms with Gasteiger partial charge in [0.05, 0.1) is 17.1 Å². The molecule has 0 spiro atoms. The van der Waals surface area contributed by atoms with Crippen LogP contribution in [0.15, 0.2) is 17.0 Å². The van der Waals surface area contributed by atoms with Gasteiger partial charge in [-0.05, 0) is 51.0 Å². The van der Waals surface area contributed by atoms with Crippen LogP contribution in [0.2, 0.25) is 0 Å². The predicted octanol–water partition coefficient (Wildman–Crippen LogP) is 2.14. The molecule has 0 bridgehead atoms. The summed E-state index contributed by atoms with van der Waals surface area (Å²) < 4.78 is 33.1. The molecule has 1 heterocycles. The summed E-state index contributed by atoms with van der Waals surface area (Å²) in [5, 5.41) is 3.05. The van der Waals surface area contributed by atoms with Gasteiger partial charge in [-0.15, -0.1) is 0 Å². The summed E-state index contributed by atoms with van der Waals surface area (Å²) in [5.41, 5.74) is 2.46. The van der Waals surface area contributed by atoms with Gasteiger partial charge < -0.3 is 10.1 Å². The highest BCUT2D eigenvalue weighted by Crippen LogP contribution is 2.28. The summed E-state index contributed by atoms with van der Waals surface area (Å²) >= 11 is 0. The second-order valence-electron chi connectivity index (χ2n) is 5.77. The van der Waals surface area contributed by atoms with Crippen LogP contribution in [0.1, 0.15) is 25.0 Å². The standard InChI is InChI=1S/C15H24N2O3S/c1-10-6-14(16-5)7-11(2)15(10)21(18,19)17-8-12(3)20-13(4)9-17/h6-7,12-13,16H,8-9H2,1-5H3. The highest BCUT2D eigenvalue weighted by Gasteiger charge is 2.34. The molecule has 2 unspecified atom stereocenters. The number of rotatable bonds is 3. The molecule has 1 aromatic rings.